The number of nitrogens with one attached hydrogen (secondary N) is 5. The molecule has 0 aliphatic carbocycles. The summed E-state index contributed by atoms with van der Waals surface area (Å²) in [5.41, 5.74) is 0. The molecule has 10 aliphatic heterocycles. The summed E-state index contributed by atoms with van der Waals surface area (Å²) in [6.45, 7) is -7.22. The minimum atomic E-state index is -2.80. The van der Waals surface area contributed by atoms with Gasteiger partial charge in [-0.15, -0.1) is 0 Å². The summed E-state index contributed by atoms with van der Waals surface area (Å²) >= 11 is 0. The number of hydrogen-bond donors (Lipinski definition) is 32. The Balaban J connectivity index is 1.11. The summed E-state index contributed by atoms with van der Waals surface area (Å²) in [5.74, 6) is -4.85. The van der Waals surface area contributed by atoms with Crippen LogP contribution in [-0.4, -0.2) is 540 Å². The average molecular weight is 1840 g/mol. The SMILES string of the molecule is CC(=O)N[C@@H]1[C@@H](O)[C@H](O[C@@H]2O[C@H](CO)[C@@H](O[C@@H]3O[C@H](CO[C@H]4O[C@H](CO)[C@@H](O)[C@H](O)[C@@H]4O[C@@H]4O[C@H](CO)[C@@H](O[C@@H]5O[C@H](CO)[C@H](O)[C@H](O)[C@H]5O)[C@H](O)[C@H]4NC(C)=O)[C@@H](O[C@@H]4O[C@H](CO)[C@@H](O[C@@H]5O[C@H](CO)[C@H](O)[C@H](O)[C@H]5O)[C@H](O)[C@H]4NC(C)=O)[C@H](O[C@H]4O[C@H](CO)[C@@H](O)[C@H](O)[C@@H]4O[C@@H]4O[C@H](CO)[C@@H](O)[C@H](O)[C@H]4NC(C)=O)[C@@H]3O)[C@H](O)[C@H]2NC(C)=O)[C@@H](CO)O[C@H]1O. The number of aliphatic hydroxyl groups is 27. The molecule has 10 aliphatic rings. The summed E-state index contributed by atoms with van der Waals surface area (Å²) < 4.78 is 116. The maximum absolute atomic E-state index is 13.5. The molecule has 32 N–H and O–H groups in total. The summed E-state index contributed by atoms with van der Waals surface area (Å²) in [6, 6.07) is -9.85. The minimum absolute atomic E-state index is 0.827. The molecule has 10 heterocycles. The molecule has 728 valence electrons. The van der Waals surface area contributed by atoms with Crippen molar-refractivity contribution in [3.63, 3.8) is 0 Å². The lowest BCUT2D eigenvalue weighted by Gasteiger charge is -2.52. The molecule has 10 saturated heterocycles. The highest BCUT2D eigenvalue weighted by Gasteiger charge is 2.63. The van der Waals surface area contributed by atoms with Crippen molar-refractivity contribution in [2.75, 3.05) is 66.1 Å². The molecule has 0 spiro atoms. The van der Waals surface area contributed by atoms with Crippen LogP contribution < -0.4 is 26.6 Å². The second kappa shape index (κ2) is 45.5. The van der Waals surface area contributed by atoms with Gasteiger partial charge in [-0.25, -0.2) is 0 Å². The van der Waals surface area contributed by atoms with E-state index in [1.807, 2.05) is 0 Å². The fourth-order valence-corrected chi connectivity index (χ4v) is 16.3. The Hall–Kier alpha value is -4.49. The van der Waals surface area contributed by atoms with E-state index in [1.165, 1.54) is 0 Å². The molecule has 0 radical (unpaired) electrons. The zero-order valence-electron chi connectivity index (χ0n) is 67.8. The second-order valence-corrected chi connectivity index (χ2v) is 31.7. The number of aliphatic hydroxyl groups excluding tert-OH is 27. The van der Waals surface area contributed by atoms with Gasteiger partial charge in [-0.1, -0.05) is 0 Å². The smallest absolute Gasteiger partial charge is 0.217 e. The molecule has 0 bridgehead atoms. The molecule has 0 aromatic carbocycles. The molecule has 50 atom stereocenters. The number of amides is 5. The molecule has 0 saturated carbocycles. The highest BCUT2D eigenvalue weighted by Crippen LogP contribution is 2.42. The van der Waals surface area contributed by atoms with Gasteiger partial charge in [0, 0.05) is 34.6 Å². The quantitative estimate of drug-likeness (QED) is 0.0290. The monoisotopic (exact) mass is 1840 g/mol. The molecule has 10 fully saturated rings. The molecular formula is C70H117N5O51. The van der Waals surface area contributed by atoms with Gasteiger partial charge in [-0.05, 0) is 0 Å². The van der Waals surface area contributed by atoms with Gasteiger partial charge < -0.3 is 254 Å². The summed E-state index contributed by atoms with van der Waals surface area (Å²) in [6.07, 6.45) is -98.4. The highest BCUT2D eigenvalue weighted by molar-refractivity contribution is 5.75. The van der Waals surface area contributed by atoms with Gasteiger partial charge in [0.1, 0.15) is 244 Å². The third kappa shape index (κ3) is 22.9. The third-order valence-electron chi connectivity index (χ3n) is 22.9. The number of rotatable bonds is 33. The van der Waals surface area contributed by atoms with Gasteiger partial charge in [0.2, 0.25) is 29.5 Å². The van der Waals surface area contributed by atoms with E-state index in [9.17, 15) is 162 Å². The topological polar surface area (TPSA) is 867 Å². The van der Waals surface area contributed by atoms with Crippen molar-refractivity contribution in [3.8, 4) is 0 Å². The Morgan fingerprint density at radius 1 is 0.206 bits per heavy atom. The number of carbonyl (C=O) groups is 5. The van der Waals surface area contributed by atoms with Crippen molar-refractivity contribution in [2.45, 2.75) is 341 Å². The normalized spacial score (nSPS) is 48.4. The van der Waals surface area contributed by atoms with Crippen molar-refractivity contribution in [1.29, 1.82) is 0 Å². The van der Waals surface area contributed by atoms with E-state index < -0.39 is 402 Å². The maximum Gasteiger partial charge on any atom is 0.217 e. The fraction of sp³-hybridized carbons (Fsp3) is 0.929. The van der Waals surface area contributed by atoms with E-state index in [0.29, 0.717) is 0 Å². The molecule has 126 heavy (non-hydrogen) atoms. The largest absolute Gasteiger partial charge is 0.394 e. The van der Waals surface area contributed by atoms with Gasteiger partial charge in [-0.2, -0.15) is 0 Å². The molecular weight excluding hydrogens is 1730 g/mol. The van der Waals surface area contributed by atoms with Crippen LogP contribution in [0.1, 0.15) is 34.6 Å². The minimum Gasteiger partial charge on any atom is -0.394 e. The van der Waals surface area contributed by atoms with Gasteiger partial charge >= 0.3 is 0 Å². The van der Waals surface area contributed by atoms with Crippen molar-refractivity contribution in [1.82, 2.24) is 26.6 Å². The molecule has 0 aromatic rings. The van der Waals surface area contributed by atoms with Crippen molar-refractivity contribution >= 4 is 29.5 Å². The zero-order valence-corrected chi connectivity index (χ0v) is 67.8. The van der Waals surface area contributed by atoms with Crippen LogP contribution in [0.2, 0.25) is 0 Å². The first kappa shape index (κ1) is 104. The number of hydrogen-bond acceptors (Lipinski definition) is 51. The predicted molar refractivity (Wildman–Crippen MR) is 388 cm³/mol. The lowest BCUT2D eigenvalue weighted by molar-refractivity contribution is -0.409. The second-order valence-electron chi connectivity index (χ2n) is 31.7. The summed E-state index contributed by atoms with van der Waals surface area (Å²) in [7, 11) is 0. The summed E-state index contributed by atoms with van der Waals surface area (Å²) in [5, 5.41) is 316. The number of carbonyl (C=O) groups excluding carboxylic acids is 5. The van der Waals surface area contributed by atoms with Crippen LogP contribution in [0.5, 0.6) is 0 Å². The van der Waals surface area contributed by atoms with Crippen LogP contribution in [-0.2, 0) is 114 Å². The molecule has 0 aromatic heterocycles. The van der Waals surface area contributed by atoms with Gasteiger partial charge in [0.05, 0.1) is 66.1 Å². The first-order valence-corrected chi connectivity index (χ1v) is 40.1. The van der Waals surface area contributed by atoms with Crippen LogP contribution >= 0.6 is 0 Å². The summed E-state index contributed by atoms with van der Waals surface area (Å²) in [4.78, 5) is 65.0. The van der Waals surface area contributed by atoms with Crippen LogP contribution in [0, 0.1) is 0 Å². The maximum atomic E-state index is 13.5. The van der Waals surface area contributed by atoms with E-state index in [1.54, 1.807) is 0 Å². The van der Waals surface area contributed by atoms with Crippen LogP contribution in [0.3, 0.4) is 0 Å². The molecule has 56 heteroatoms. The fourth-order valence-electron chi connectivity index (χ4n) is 16.3. The first-order valence-electron chi connectivity index (χ1n) is 40.1. The Kier molecular flexibility index (Phi) is 37.4. The Morgan fingerprint density at radius 3 is 0.786 bits per heavy atom. The van der Waals surface area contributed by atoms with E-state index in [-0.39, 0.29) is 0 Å². The zero-order chi connectivity index (χ0) is 92.8. The standard InChI is InChI=1S/C70H117N5O51/c1-16(85)71-31-42(96)53(26(11-81)109-61(31)107)119-63-33(73-18(3)87)43(97)56(29(14-84)115-63)122-68-52(106)58(124-70-60(49(103)40(94)25(10-80)114-70)126-62-32(72-17(2)86)41(95)36(90)21(6-76)110-62)57(123-64-34(74-19(4)88)44(98)54(27(12-82)116-64)120-66-50(104)46(100)37(91)22(7-77)111-66)30(118-68)15-108-69-59(48(102)39(93)24(9-79)113-69)125-65-35(75-20(5)89)45(99)55(28(13-83)117-65)121-67-51(105)47(101)38(92)23(8-78)112-67/h21-70,76-84,90-107H,6-15H2,1-5H3,(H,71,85)(H,72,86)(H,73,87)(H,74,88)(H,75,89)/t21-,22-,23-,24-,25-,26-,27-,28-,29-,30-,31-,32-,33-,34-,35-,36-,37+,38+,39-,40-,41-,42-,43-,44-,45-,46+,47+,48+,49+,50-,51-,52+,53-,54-,55-,56-,57-,58-,59+,60+,61-,62+,63+,64+,65+,66+,67+,68+,69+,70-/m1/s1. The van der Waals surface area contributed by atoms with Crippen molar-refractivity contribution in [2.24, 2.45) is 0 Å². The van der Waals surface area contributed by atoms with E-state index in [0.717, 1.165) is 34.6 Å². The van der Waals surface area contributed by atoms with Gasteiger partial charge in [-0.3, -0.25) is 24.0 Å². The predicted octanol–water partition coefficient (Wildman–Crippen LogP) is -22.1. The van der Waals surface area contributed by atoms with E-state index >= 15 is 0 Å². The Labute approximate surface area is 713 Å². The van der Waals surface area contributed by atoms with Gasteiger partial charge in [0.15, 0.2) is 62.9 Å². The van der Waals surface area contributed by atoms with Crippen molar-refractivity contribution in [3.05, 3.63) is 0 Å². The number of ether oxygens (including phenoxy) is 19. The lowest BCUT2D eigenvalue weighted by Crippen LogP contribution is -2.72. The van der Waals surface area contributed by atoms with E-state index in [4.69, 9.17) is 90.0 Å². The highest BCUT2D eigenvalue weighted by atomic mass is 16.8. The molecule has 0 unspecified atom stereocenters. The average Bonchev–Trinajstić information content (AvgIpc) is 0.760. The molecule has 5 amide bonds. The van der Waals surface area contributed by atoms with Gasteiger partial charge in [0.25, 0.3) is 0 Å². The van der Waals surface area contributed by atoms with Crippen LogP contribution in [0.25, 0.3) is 0 Å². The third-order valence-corrected chi connectivity index (χ3v) is 22.9. The molecule has 10 rings (SSSR count). The van der Waals surface area contributed by atoms with Crippen LogP contribution in [0.15, 0.2) is 0 Å². The first-order chi connectivity index (χ1) is 59.6. The lowest BCUT2D eigenvalue weighted by atomic mass is 9.93. The Bertz CT molecular complexity index is 3440. The van der Waals surface area contributed by atoms with Crippen molar-refractivity contribution < 1.29 is 252 Å². The van der Waals surface area contributed by atoms with Crippen LogP contribution in [0.4, 0.5) is 0 Å². The molecule has 56 nitrogen and oxygen atoms in total. The van der Waals surface area contributed by atoms with E-state index in [2.05, 4.69) is 26.6 Å². The Morgan fingerprint density at radius 2 is 0.437 bits per heavy atom.